The van der Waals surface area contributed by atoms with Crippen LogP contribution in [-0.2, 0) is 6.61 Å². The highest BCUT2D eigenvalue weighted by molar-refractivity contribution is 6.35. The Balaban J connectivity index is 1.58. The molecule has 142 valence electrons. The molecule has 3 rings (SSSR count). The van der Waals surface area contributed by atoms with Crippen LogP contribution in [0.1, 0.15) is 21.5 Å². The van der Waals surface area contributed by atoms with E-state index in [9.17, 15) is 9.90 Å². The number of nitrogens with one attached hydrogen (secondary N) is 1. The average Bonchev–Trinajstić information content (AvgIpc) is 2.68. The normalized spacial score (nSPS) is 10.8. The lowest BCUT2D eigenvalue weighted by molar-refractivity contribution is 0.0955. The fourth-order valence-corrected chi connectivity index (χ4v) is 2.79. The van der Waals surface area contributed by atoms with Gasteiger partial charge in [0.15, 0.2) is 0 Å². The maximum Gasteiger partial charge on any atom is 0.271 e. The molecule has 0 aliphatic carbocycles. The molecule has 3 aromatic carbocycles. The minimum Gasteiger partial charge on any atom is -0.508 e. The largest absolute Gasteiger partial charge is 0.508 e. The van der Waals surface area contributed by atoms with Crippen molar-refractivity contribution in [3.63, 3.8) is 0 Å². The molecule has 0 radical (unpaired) electrons. The zero-order valence-corrected chi connectivity index (χ0v) is 16.1. The molecule has 0 spiro atoms. The highest BCUT2D eigenvalue weighted by Gasteiger charge is 2.04. The van der Waals surface area contributed by atoms with E-state index in [0.717, 1.165) is 11.1 Å². The van der Waals surface area contributed by atoms with Gasteiger partial charge in [-0.1, -0.05) is 41.4 Å². The van der Waals surface area contributed by atoms with Crippen molar-refractivity contribution in [2.45, 2.75) is 6.61 Å². The number of hydrogen-bond donors (Lipinski definition) is 2. The minimum atomic E-state index is -0.374. The van der Waals surface area contributed by atoms with Gasteiger partial charge in [-0.25, -0.2) is 5.43 Å². The van der Waals surface area contributed by atoms with Gasteiger partial charge in [0, 0.05) is 21.2 Å². The van der Waals surface area contributed by atoms with Gasteiger partial charge in [0.05, 0.1) is 6.21 Å². The Morgan fingerprint density at radius 1 is 1.07 bits per heavy atom. The number of hydrazone groups is 1. The molecule has 0 aromatic heterocycles. The zero-order chi connectivity index (χ0) is 19.9. The van der Waals surface area contributed by atoms with Crippen LogP contribution in [0.15, 0.2) is 71.8 Å². The van der Waals surface area contributed by atoms with Crippen molar-refractivity contribution in [1.29, 1.82) is 0 Å². The molecule has 0 saturated carbocycles. The van der Waals surface area contributed by atoms with Crippen molar-refractivity contribution in [1.82, 2.24) is 5.43 Å². The second-order valence-electron chi connectivity index (χ2n) is 5.84. The Hall–Kier alpha value is -3.02. The molecule has 28 heavy (non-hydrogen) atoms. The highest BCUT2D eigenvalue weighted by atomic mass is 35.5. The summed E-state index contributed by atoms with van der Waals surface area (Å²) in [7, 11) is 0. The van der Waals surface area contributed by atoms with Gasteiger partial charge in [-0.15, -0.1) is 0 Å². The third kappa shape index (κ3) is 5.49. The first kappa shape index (κ1) is 19.7. The number of aromatic hydroxyl groups is 1. The summed E-state index contributed by atoms with van der Waals surface area (Å²) in [6.07, 6.45) is 1.51. The Bertz CT molecular complexity index is 1000. The number of halogens is 2. The molecule has 0 atom stereocenters. The van der Waals surface area contributed by atoms with Gasteiger partial charge in [-0.05, 0) is 54.1 Å². The molecule has 3 aromatic rings. The second-order valence-corrected chi connectivity index (χ2v) is 6.69. The topological polar surface area (TPSA) is 70.9 Å². The summed E-state index contributed by atoms with van der Waals surface area (Å²) in [4.78, 5) is 12.0. The second kappa shape index (κ2) is 9.26. The minimum absolute atomic E-state index is 0.0942. The molecular weight excluding hydrogens is 399 g/mol. The number of phenols is 1. The van der Waals surface area contributed by atoms with Gasteiger partial charge in [-0.3, -0.25) is 4.79 Å². The first-order valence-electron chi connectivity index (χ1n) is 8.30. The van der Waals surface area contributed by atoms with Gasteiger partial charge in [0.25, 0.3) is 5.91 Å². The Morgan fingerprint density at radius 2 is 1.86 bits per heavy atom. The summed E-state index contributed by atoms with van der Waals surface area (Å²) in [6.45, 7) is 0.300. The Labute approximate surface area is 172 Å². The van der Waals surface area contributed by atoms with E-state index < -0.39 is 0 Å². The molecule has 0 unspecified atom stereocenters. The fraction of sp³-hybridized carbons (Fsp3) is 0.0476. The summed E-state index contributed by atoms with van der Waals surface area (Å²) < 4.78 is 5.76. The molecule has 0 aliphatic heterocycles. The van der Waals surface area contributed by atoms with E-state index in [1.54, 1.807) is 18.2 Å². The molecule has 5 nitrogen and oxygen atoms in total. The molecule has 0 heterocycles. The summed E-state index contributed by atoms with van der Waals surface area (Å²) in [5.74, 6) is 0.359. The predicted octanol–water partition coefficient (Wildman–Crippen LogP) is 5.04. The zero-order valence-electron chi connectivity index (χ0n) is 14.6. The number of amides is 1. The lowest BCUT2D eigenvalue weighted by Gasteiger charge is -2.08. The molecule has 0 saturated heterocycles. The smallest absolute Gasteiger partial charge is 0.271 e. The van der Waals surface area contributed by atoms with Gasteiger partial charge in [-0.2, -0.15) is 5.10 Å². The number of phenolic OH excluding ortho intramolecular Hbond substituents is 1. The first-order chi connectivity index (χ1) is 13.5. The molecule has 0 fully saturated rings. The number of carbonyl (C=O) groups excluding carboxylic acids is 1. The quantitative estimate of drug-likeness (QED) is 0.438. The van der Waals surface area contributed by atoms with Crippen LogP contribution < -0.4 is 10.2 Å². The predicted molar refractivity (Wildman–Crippen MR) is 110 cm³/mol. The maximum atomic E-state index is 12.0. The number of ether oxygens (including phenoxy) is 1. The van der Waals surface area contributed by atoms with E-state index in [2.05, 4.69) is 10.5 Å². The van der Waals surface area contributed by atoms with Crippen molar-refractivity contribution < 1.29 is 14.6 Å². The maximum absolute atomic E-state index is 12.0. The van der Waals surface area contributed by atoms with Crippen molar-refractivity contribution >= 4 is 35.3 Å². The van der Waals surface area contributed by atoms with E-state index in [0.29, 0.717) is 28.0 Å². The van der Waals surface area contributed by atoms with Gasteiger partial charge < -0.3 is 9.84 Å². The van der Waals surface area contributed by atoms with Gasteiger partial charge in [0.1, 0.15) is 18.1 Å². The van der Waals surface area contributed by atoms with Crippen LogP contribution in [-0.4, -0.2) is 17.2 Å². The number of hydrogen-bond acceptors (Lipinski definition) is 4. The standard InChI is InChI=1S/C21H16Cl2N2O3/c22-17-7-4-16(20(23)11-17)13-28-19-3-1-2-14(10-19)12-24-25-21(27)15-5-8-18(26)9-6-15/h1-12,26H,13H2,(H,25,27)/b24-12+. The van der Waals surface area contributed by atoms with Crippen molar-refractivity contribution in [3.05, 3.63) is 93.5 Å². The summed E-state index contributed by atoms with van der Waals surface area (Å²) in [5, 5.41) is 14.3. The molecule has 2 N–H and O–H groups in total. The average molecular weight is 415 g/mol. The summed E-state index contributed by atoms with van der Waals surface area (Å²) >= 11 is 12.0. The van der Waals surface area contributed by atoms with Crippen LogP contribution >= 0.6 is 23.2 Å². The van der Waals surface area contributed by atoms with E-state index in [-0.39, 0.29) is 11.7 Å². The Kier molecular flexibility index (Phi) is 6.53. The van der Waals surface area contributed by atoms with Crippen LogP contribution in [0.25, 0.3) is 0 Å². The van der Waals surface area contributed by atoms with Crippen molar-refractivity contribution in [3.8, 4) is 11.5 Å². The highest BCUT2D eigenvalue weighted by Crippen LogP contribution is 2.23. The number of nitrogens with zero attached hydrogens (tertiary/aromatic N) is 1. The molecule has 7 heteroatoms. The van der Waals surface area contributed by atoms with Crippen LogP contribution in [0, 0.1) is 0 Å². The fourth-order valence-electron chi connectivity index (χ4n) is 2.33. The first-order valence-corrected chi connectivity index (χ1v) is 9.06. The number of benzene rings is 3. The van der Waals surface area contributed by atoms with Gasteiger partial charge in [0.2, 0.25) is 0 Å². The lowest BCUT2D eigenvalue weighted by atomic mass is 10.2. The van der Waals surface area contributed by atoms with Crippen LogP contribution in [0.5, 0.6) is 11.5 Å². The molecule has 0 aliphatic rings. The molecular formula is C21H16Cl2N2O3. The van der Waals surface area contributed by atoms with Crippen LogP contribution in [0.3, 0.4) is 0 Å². The molecule has 1 amide bonds. The van der Waals surface area contributed by atoms with Gasteiger partial charge >= 0.3 is 0 Å². The van der Waals surface area contributed by atoms with E-state index in [1.807, 2.05) is 24.3 Å². The number of rotatable bonds is 6. The Morgan fingerprint density at radius 3 is 2.61 bits per heavy atom. The third-order valence-corrected chi connectivity index (χ3v) is 4.36. The van der Waals surface area contributed by atoms with E-state index >= 15 is 0 Å². The van der Waals surface area contributed by atoms with Crippen molar-refractivity contribution in [2.24, 2.45) is 5.10 Å². The van der Waals surface area contributed by atoms with Crippen molar-refractivity contribution in [2.75, 3.05) is 0 Å². The van der Waals surface area contributed by atoms with E-state index in [4.69, 9.17) is 27.9 Å². The van der Waals surface area contributed by atoms with Crippen LogP contribution in [0.4, 0.5) is 0 Å². The summed E-state index contributed by atoms with van der Waals surface area (Å²) in [5.41, 5.74) is 4.41. The van der Waals surface area contributed by atoms with E-state index in [1.165, 1.54) is 30.5 Å². The number of carbonyl (C=O) groups is 1. The molecule has 0 bridgehead atoms. The monoisotopic (exact) mass is 414 g/mol. The lowest BCUT2D eigenvalue weighted by Crippen LogP contribution is -2.17. The summed E-state index contributed by atoms with van der Waals surface area (Å²) in [6, 6.07) is 18.4. The SMILES string of the molecule is O=C(N/N=C/c1cccc(OCc2ccc(Cl)cc2Cl)c1)c1ccc(O)cc1. The van der Waals surface area contributed by atoms with Crippen LogP contribution in [0.2, 0.25) is 10.0 Å². The third-order valence-electron chi connectivity index (χ3n) is 3.78.